The van der Waals surface area contributed by atoms with Gasteiger partial charge in [0, 0.05) is 16.2 Å². The summed E-state index contributed by atoms with van der Waals surface area (Å²) in [4.78, 5) is 10.7. The fourth-order valence-electron chi connectivity index (χ4n) is 3.51. The molecule has 0 N–H and O–H groups in total. The molecule has 0 aliphatic carbocycles. The lowest BCUT2D eigenvalue weighted by atomic mass is 10.0. The molecular formula is C22H18N2OS. The SMILES string of the molecule is c1ccc(C2=NOC(CN3c4ccccc4Sc4ccccc43)C2)cc1. The molecule has 0 bridgehead atoms. The minimum atomic E-state index is 0.0504. The highest BCUT2D eigenvalue weighted by molar-refractivity contribution is 7.99. The van der Waals surface area contributed by atoms with Crippen molar-refractivity contribution in [1.29, 1.82) is 0 Å². The van der Waals surface area contributed by atoms with E-state index in [0.29, 0.717) is 0 Å². The van der Waals surface area contributed by atoms with Crippen LogP contribution in [0.2, 0.25) is 0 Å². The van der Waals surface area contributed by atoms with E-state index in [2.05, 4.69) is 70.7 Å². The highest BCUT2D eigenvalue weighted by atomic mass is 32.2. The highest BCUT2D eigenvalue weighted by Crippen LogP contribution is 2.48. The summed E-state index contributed by atoms with van der Waals surface area (Å²) < 4.78 is 0. The maximum Gasteiger partial charge on any atom is 0.151 e. The molecule has 128 valence electrons. The van der Waals surface area contributed by atoms with Crippen LogP contribution in [0.25, 0.3) is 0 Å². The summed E-state index contributed by atoms with van der Waals surface area (Å²) in [7, 11) is 0. The first-order chi connectivity index (χ1) is 12.9. The largest absolute Gasteiger partial charge is 0.390 e. The molecule has 2 heterocycles. The third kappa shape index (κ3) is 2.76. The van der Waals surface area contributed by atoms with E-state index in [0.717, 1.165) is 24.2 Å². The number of fused-ring (bicyclic) bond motifs is 2. The van der Waals surface area contributed by atoms with E-state index in [4.69, 9.17) is 4.84 Å². The number of anilines is 2. The molecular weight excluding hydrogens is 340 g/mol. The van der Waals surface area contributed by atoms with Crippen LogP contribution in [-0.2, 0) is 4.84 Å². The maximum absolute atomic E-state index is 5.79. The summed E-state index contributed by atoms with van der Waals surface area (Å²) in [5.41, 5.74) is 4.66. The second kappa shape index (κ2) is 6.54. The molecule has 1 atom stereocenters. The van der Waals surface area contributed by atoms with Gasteiger partial charge in [-0.15, -0.1) is 0 Å². The molecule has 0 aromatic heterocycles. The van der Waals surface area contributed by atoms with Gasteiger partial charge in [-0.2, -0.15) is 0 Å². The van der Waals surface area contributed by atoms with Crippen LogP contribution >= 0.6 is 11.8 Å². The van der Waals surface area contributed by atoms with Crippen molar-refractivity contribution in [2.45, 2.75) is 22.3 Å². The van der Waals surface area contributed by atoms with E-state index in [1.807, 2.05) is 30.0 Å². The van der Waals surface area contributed by atoms with E-state index in [-0.39, 0.29) is 6.10 Å². The van der Waals surface area contributed by atoms with Gasteiger partial charge in [-0.05, 0) is 29.8 Å². The summed E-state index contributed by atoms with van der Waals surface area (Å²) in [5, 5.41) is 4.35. The molecule has 0 amide bonds. The summed E-state index contributed by atoms with van der Waals surface area (Å²) in [6.07, 6.45) is 0.882. The molecule has 3 aromatic carbocycles. The molecule has 5 rings (SSSR count). The van der Waals surface area contributed by atoms with Crippen LogP contribution in [0.1, 0.15) is 12.0 Å². The third-order valence-corrected chi connectivity index (χ3v) is 5.89. The van der Waals surface area contributed by atoms with Crippen molar-refractivity contribution in [2.75, 3.05) is 11.4 Å². The third-order valence-electron chi connectivity index (χ3n) is 4.76. The average molecular weight is 358 g/mol. The number of para-hydroxylation sites is 2. The topological polar surface area (TPSA) is 24.8 Å². The molecule has 3 nitrogen and oxygen atoms in total. The number of rotatable bonds is 3. The molecule has 0 radical (unpaired) electrons. The predicted molar refractivity (Wildman–Crippen MR) is 106 cm³/mol. The normalized spacial score (nSPS) is 17.9. The zero-order valence-corrected chi connectivity index (χ0v) is 15.0. The Morgan fingerprint density at radius 2 is 1.46 bits per heavy atom. The molecule has 26 heavy (non-hydrogen) atoms. The lowest BCUT2D eigenvalue weighted by molar-refractivity contribution is 0.0917. The molecule has 3 aromatic rings. The fraction of sp³-hybridized carbons (Fsp3) is 0.136. The number of nitrogens with zero attached hydrogens (tertiary/aromatic N) is 2. The number of oxime groups is 1. The van der Waals surface area contributed by atoms with Crippen LogP contribution in [0.3, 0.4) is 0 Å². The van der Waals surface area contributed by atoms with Gasteiger partial charge in [0.2, 0.25) is 0 Å². The first kappa shape index (κ1) is 15.5. The maximum atomic E-state index is 5.79. The Morgan fingerprint density at radius 3 is 2.15 bits per heavy atom. The summed E-state index contributed by atoms with van der Waals surface area (Å²) in [6, 6.07) is 27.4. The molecule has 4 heteroatoms. The molecule has 0 saturated carbocycles. The first-order valence-electron chi connectivity index (χ1n) is 8.80. The number of hydrogen-bond acceptors (Lipinski definition) is 4. The van der Waals surface area contributed by atoms with E-state index < -0.39 is 0 Å². The Labute approximate surface area is 157 Å². The van der Waals surface area contributed by atoms with E-state index in [1.165, 1.54) is 21.2 Å². The van der Waals surface area contributed by atoms with Gasteiger partial charge in [0.1, 0.15) is 0 Å². The lowest BCUT2D eigenvalue weighted by Crippen LogP contribution is -2.30. The zero-order chi connectivity index (χ0) is 17.3. The van der Waals surface area contributed by atoms with Gasteiger partial charge in [-0.3, -0.25) is 0 Å². The Balaban J connectivity index is 1.42. The van der Waals surface area contributed by atoms with Gasteiger partial charge >= 0.3 is 0 Å². The van der Waals surface area contributed by atoms with E-state index >= 15 is 0 Å². The highest BCUT2D eigenvalue weighted by Gasteiger charge is 2.29. The van der Waals surface area contributed by atoms with Crippen LogP contribution in [0, 0.1) is 0 Å². The van der Waals surface area contributed by atoms with Crippen molar-refractivity contribution in [3.8, 4) is 0 Å². The van der Waals surface area contributed by atoms with Crippen molar-refractivity contribution < 1.29 is 4.84 Å². The van der Waals surface area contributed by atoms with Crippen molar-refractivity contribution in [3.63, 3.8) is 0 Å². The van der Waals surface area contributed by atoms with Gasteiger partial charge in [0.15, 0.2) is 6.10 Å². The van der Waals surface area contributed by atoms with Gasteiger partial charge < -0.3 is 9.74 Å². The van der Waals surface area contributed by atoms with Crippen molar-refractivity contribution in [1.82, 2.24) is 0 Å². The van der Waals surface area contributed by atoms with Gasteiger partial charge in [0.05, 0.1) is 23.6 Å². The molecule has 0 fully saturated rings. The summed E-state index contributed by atoms with van der Waals surface area (Å²) in [5.74, 6) is 0. The Bertz CT molecular complexity index is 925. The van der Waals surface area contributed by atoms with Gasteiger partial charge in [-0.25, -0.2) is 0 Å². The molecule has 2 aliphatic heterocycles. The lowest BCUT2D eigenvalue weighted by Gasteiger charge is -2.33. The monoisotopic (exact) mass is 358 g/mol. The first-order valence-corrected chi connectivity index (χ1v) is 9.62. The zero-order valence-electron chi connectivity index (χ0n) is 14.2. The van der Waals surface area contributed by atoms with Crippen LogP contribution in [0.5, 0.6) is 0 Å². The number of hydrogen-bond donors (Lipinski definition) is 0. The van der Waals surface area contributed by atoms with Crippen LogP contribution < -0.4 is 4.90 Å². The quantitative estimate of drug-likeness (QED) is 0.619. The van der Waals surface area contributed by atoms with Crippen LogP contribution in [-0.4, -0.2) is 18.4 Å². The fourth-order valence-corrected chi connectivity index (χ4v) is 4.60. The van der Waals surface area contributed by atoms with Gasteiger partial charge in [-0.1, -0.05) is 71.5 Å². The smallest absolute Gasteiger partial charge is 0.151 e. The minimum Gasteiger partial charge on any atom is -0.390 e. The van der Waals surface area contributed by atoms with Crippen LogP contribution in [0.4, 0.5) is 11.4 Å². The van der Waals surface area contributed by atoms with E-state index in [9.17, 15) is 0 Å². The molecule has 1 unspecified atom stereocenters. The summed E-state index contributed by atoms with van der Waals surface area (Å²) >= 11 is 1.83. The average Bonchev–Trinajstić information content (AvgIpc) is 3.17. The van der Waals surface area contributed by atoms with Crippen molar-refractivity contribution in [3.05, 3.63) is 84.4 Å². The minimum absolute atomic E-state index is 0.0504. The van der Waals surface area contributed by atoms with E-state index in [1.54, 1.807) is 0 Å². The van der Waals surface area contributed by atoms with Crippen molar-refractivity contribution in [2.24, 2.45) is 5.16 Å². The Morgan fingerprint density at radius 1 is 0.846 bits per heavy atom. The number of benzene rings is 3. The molecule has 2 aliphatic rings. The standard InChI is InChI=1S/C22H18N2OS/c1-2-8-16(9-3-1)18-14-17(25-23-18)15-24-19-10-4-6-12-21(19)26-22-13-7-5-11-20(22)24/h1-13,17H,14-15H2. The second-order valence-corrected chi connectivity index (χ2v) is 7.57. The molecule has 0 saturated heterocycles. The molecule has 0 spiro atoms. The van der Waals surface area contributed by atoms with Crippen molar-refractivity contribution >= 4 is 28.8 Å². The Kier molecular flexibility index (Phi) is 3.91. The Hall–Kier alpha value is -2.72. The second-order valence-electron chi connectivity index (χ2n) is 6.48. The van der Waals surface area contributed by atoms with Gasteiger partial charge in [0.25, 0.3) is 0 Å². The van der Waals surface area contributed by atoms with Crippen LogP contribution in [0.15, 0.2) is 93.8 Å². The summed E-state index contributed by atoms with van der Waals surface area (Å²) in [6.45, 7) is 0.786. The predicted octanol–water partition coefficient (Wildman–Crippen LogP) is 5.48.